The molecule has 0 aliphatic carbocycles. The summed E-state index contributed by atoms with van der Waals surface area (Å²) in [7, 11) is -2.04. The first-order chi connectivity index (χ1) is 15.9. The second-order valence-electron chi connectivity index (χ2n) is 10.9. The summed E-state index contributed by atoms with van der Waals surface area (Å²) in [5.74, 6) is -0.192. The van der Waals surface area contributed by atoms with Gasteiger partial charge in [0.2, 0.25) is 0 Å². The number of fused-ring (bicyclic) bond motifs is 1. The molecule has 188 valence electrons. The van der Waals surface area contributed by atoms with Crippen LogP contribution in [0.4, 0.5) is 4.79 Å². The molecule has 1 aromatic carbocycles. The van der Waals surface area contributed by atoms with Crippen molar-refractivity contribution in [3.63, 3.8) is 0 Å². The first-order valence-electron chi connectivity index (χ1n) is 12.5. The molecule has 2 aromatic rings. The highest BCUT2D eigenvalue weighted by atomic mass is 28.3. The number of rotatable bonds is 9. The lowest BCUT2D eigenvalue weighted by molar-refractivity contribution is -0.00137. The van der Waals surface area contributed by atoms with Crippen molar-refractivity contribution in [1.29, 1.82) is 0 Å². The third-order valence-electron chi connectivity index (χ3n) is 7.77. The van der Waals surface area contributed by atoms with E-state index in [1.54, 1.807) is 0 Å². The summed E-state index contributed by atoms with van der Waals surface area (Å²) in [5, 5.41) is 15.6. The Morgan fingerprint density at radius 3 is 2.24 bits per heavy atom. The van der Waals surface area contributed by atoms with Crippen molar-refractivity contribution in [1.82, 2.24) is 14.3 Å². The summed E-state index contributed by atoms with van der Waals surface area (Å²) < 4.78 is 8.12. The maximum Gasteiger partial charge on any atom is 0.408 e. The van der Waals surface area contributed by atoms with Gasteiger partial charge in [-0.3, -0.25) is 14.0 Å². The van der Waals surface area contributed by atoms with Crippen LogP contribution in [0, 0.1) is 0 Å². The van der Waals surface area contributed by atoms with Crippen LogP contribution in [0.15, 0.2) is 24.4 Å². The zero-order valence-corrected chi connectivity index (χ0v) is 23.0. The maximum absolute atomic E-state index is 13.9. The van der Waals surface area contributed by atoms with Crippen LogP contribution < -0.4 is 0 Å². The van der Waals surface area contributed by atoms with Gasteiger partial charge in [0, 0.05) is 17.5 Å². The number of Topliss-reactive ketones (excluding diaryl/α,β-unsaturated/α-hetero) is 1. The molecule has 1 N–H and O–H groups in total. The fraction of sp³-hybridized carbons (Fsp3) is 0.654. The number of amides is 1. The van der Waals surface area contributed by atoms with Gasteiger partial charge in [0.15, 0.2) is 14.0 Å². The van der Waals surface area contributed by atoms with E-state index in [9.17, 15) is 14.7 Å². The molecule has 1 saturated heterocycles. The number of carbonyl (C=O) groups excluding carboxylic acids is 1. The van der Waals surface area contributed by atoms with Gasteiger partial charge in [0.05, 0.1) is 24.4 Å². The molecule has 0 saturated carbocycles. The van der Waals surface area contributed by atoms with Crippen molar-refractivity contribution in [2.75, 3.05) is 13.2 Å². The number of ether oxygens (including phenoxy) is 1. The molecule has 3 rings (SSSR count). The van der Waals surface area contributed by atoms with Crippen molar-refractivity contribution >= 4 is 31.0 Å². The molecule has 7 nitrogen and oxygen atoms in total. The Morgan fingerprint density at radius 1 is 1.09 bits per heavy atom. The number of nitrogens with zero attached hydrogens (tertiary/aromatic N) is 3. The summed E-state index contributed by atoms with van der Waals surface area (Å²) in [4.78, 5) is 27.2. The maximum atomic E-state index is 13.9. The Hall–Kier alpha value is -2.19. The van der Waals surface area contributed by atoms with E-state index in [1.807, 2.05) is 38.2 Å². The molecule has 0 spiro atoms. The number of carbonyl (C=O) groups is 2. The van der Waals surface area contributed by atoms with Crippen LogP contribution >= 0.6 is 0 Å². The zero-order valence-electron chi connectivity index (χ0n) is 22.0. The standard InChI is InChI=1S/C26H41N3O4Si/c1-17(2)33-16-26(12-9-13-28(26)25(31)32)24(30)21-10-11-23-22(14-21)15-27-29(23)34(18(3)4,19(5)6)20(7)8/h10-11,14-15,17-20H,9,12-13,16H2,1-8H3,(H,31,32). The van der Waals surface area contributed by atoms with Crippen molar-refractivity contribution in [2.24, 2.45) is 0 Å². The van der Waals surface area contributed by atoms with Gasteiger partial charge in [0.1, 0.15) is 5.54 Å². The molecule has 1 aliphatic heterocycles. The lowest BCUT2D eigenvalue weighted by Gasteiger charge is -2.43. The number of likely N-dealkylation sites (tertiary alicyclic amines) is 1. The summed E-state index contributed by atoms with van der Waals surface area (Å²) in [5.41, 5.74) is 1.86. The predicted molar refractivity (Wildman–Crippen MR) is 138 cm³/mol. The number of carboxylic acid groups (broad SMARTS) is 1. The number of hydrogen-bond acceptors (Lipinski definition) is 4. The Bertz CT molecular complexity index is 1020. The fourth-order valence-corrected chi connectivity index (χ4v) is 12.7. The lowest BCUT2D eigenvalue weighted by atomic mass is 9.87. The quantitative estimate of drug-likeness (QED) is 0.337. The van der Waals surface area contributed by atoms with Gasteiger partial charge >= 0.3 is 6.09 Å². The second kappa shape index (κ2) is 9.82. The van der Waals surface area contributed by atoms with E-state index in [1.165, 1.54) is 4.90 Å². The van der Waals surface area contributed by atoms with Crippen molar-refractivity contribution in [2.45, 2.75) is 96.5 Å². The Morgan fingerprint density at radius 2 is 1.71 bits per heavy atom. The van der Waals surface area contributed by atoms with E-state index >= 15 is 0 Å². The highest BCUT2D eigenvalue weighted by molar-refractivity contribution is 6.82. The Kier molecular flexibility index (Phi) is 7.62. The first kappa shape index (κ1) is 26.4. The minimum atomic E-state index is -2.04. The number of ketones is 1. The van der Waals surface area contributed by atoms with Gasteiger partial charge < -0.3 is 9.84 Å². The highest BCUT2D eigenvalue weighted by Crippen LogP contribution is 2.43. The number of benzene rings is 1. The average molecular weight is 488 g/mol. The van der Waals surface area contributed by atoms with Crippen LogP contribution in [0.3, 0.4) is 0 Å². The van der Waals surface area contributed by atoms with E-state index in [-0.39, 0.29) is 18.5 Å². The minimum Gasteiger partial charge on any atom is -0.465 e. The Balaban J connectivity index is 2.09. The molecule has 1 aromatic heterocycles. The van der Waals surface area contributed by atoms with Gasteiger partial charge in [0.25, 0.3) is 0 Å². The monoisotopic (exact) mass is 487 g/mol. The van der Waals surface area contributed by atoms with Crippen LogP contribution in [-0.2, 0) is 4.74 Å². The normalized spacial score (nSPS) is 19.4. The van der Waals surface area contributed by atoms with E-state index in [0.29, 0.717) is 41.6 Å². The third kappa shape index (κ3) is 4.19. The van der Waals surface area contributed by atoms with E-state index in [4.69, 9.17) is 9.84 Å². The predicted octanol–water partition coefficient (Wildman–Crippen LogP) is 6.18. The molecule has 1 amide bonds. The van der Waals surface area contributed by atoms with Crippen molar-refractivity contribution in [3.8, 4) is 0 Å². The van der Waals surface area contributed by atoms with E-state index in [0.717, 1.165) is 10.9 Å². The van der Waals surface area contributed by atoms with Crippen LogP contribution in [0.1, 0.15) is 78.6 Å². The molecular weight excluding hydrogens is 446 g/mol. The molecule has 34 heavy (non-hydrogen) atoms. The Labute approximate surface area is 204 Å². The molecule has 1 aliphatic rings. The number of aromatic nitrogens is 2. The second-order valence-corrected chi connectivity index (χ2v) is 16.6. The van der Waals surface area contributed by atoms with Crippen LogP contribution in [0.2, 0.25) is 16.6 Å². The molecule has 2 heterocycles. The first-order valence-corrected chi connectivity index (χ1v) is 14.7. The zero-order chi connectivity index (χ0) is 25.4. The van der Waals surface area contributed by atoms with Gasteiger partial charge in [-0.25, -0.2) is 4.79 Å². The van der Waals surface area contributed by atoms with Gasteiger partial charge in [-0.05, 0) is 61.5 Å². The molecule has 0 bridgehead atoms. The molecule has 1 fully saturated rings. The molecule has 8 heteroatoms. The summed E-state index contributed by atoms with van der Waals surface area (Å²) in [6.07, 6.45) is 1.80. The largest absolute Gasteiger partial charge is 0.465 e. The van der Waals surface area contributed by atoms with Crippen LogP contribution in [0.25, 0.3) is 10.9 Å². The smallest absolute Gasteiger partial charge is 0.408 e. The minimum absolute atomic E-state index is 0.0666. The molecular formula is C26H41N3O4Si. The highest BCUT2D eigenvalue weighted by Gasteiger charge is 2.51. The van der Waals surface area contributed by atoms with Crippen LogP contribution in [0.5, 0.6) is 0 Å². The average Bonchev–Trinajstić information content (AvgIpc) is 3.36. The van der Waals surface area contributed by atoms with Gasteiger partial charge in [-0.2, -0.15) is 5.10 Å². The van der Waals surface area contributed by atoms with E-state index in [2.05, 4.69) is 45.9 Å². The molecule has 1 atom stereocenters. The van der Waals surface area contributed by atoms with Crippen LogP contribution in [-0.4, -0.2) is 64.4 Å². The van der Waals surface area contributed by atoms with Crippen molar-refractivity contribution < 1.29 is 19.4 Å². The number of hydrogen-bond donors (Lipinski definition) is 1. The SMILES string of the molecule is CC(C)OCC1(C(=O)c2ccc3c(cnn3[Si](C(C)C)(C(C)C)C(C)C)c2)CCCN1C(=O)O. The van der Waals surface area contributed by atoms with Crippen molar-refractivity contribution in [3.05, 3.63) is 30.0 Å². The molecule has 1 unspecified atom stereocenters. The third-order valence-corrected chi connectivity index (χ3v) is 14.4. The fourth-order valence-electron chi connectivity index (χ4n) is 6.40. The van der Waals surface area contributed by atoms with Gasteiger partial charge in [-0.15, -0.1) is 0 Å². The lowest BCUT2D eigenvalue weighted by Crippen LogP contribution is -2.56. The van der Waals surface area contributed by atoms with E-state index < -0.39 is 19.9 Å². The summed E-state index contributed by atoms with van der Waals surface area (Å²) >= 11 is 0. The molecule has 0 radical (unpaired) electrons. The topological polar surface area (TPSA) is 84.7 Å². The summed E-state index contributed by atoms with van der Waals surface area (Å²) in [6.45, 7) is 18.0. The van der Waals surface area contributed by atoms with Gasteiger partial charge in [-0.1, -0.05) is 41.5 Å². The summed E-state index contributed by atoms with van der Waals surface area (Å²) in [6, 6.07) is 5.73.